The lowest BCUT2D eigenvalue weighted by Gasteiger charge is -2.32. The van der Waals surface area contributed by atoms with Crippen molar-refractivity contribution in [2.75, 3.05) is 0 Å². The van der Waals surface area contributed by atoms with Crippen molar-refractivity contribution in [3.05, 3.63) is 107 Å². The van der Waals surface area contributed by atoms with E-state index in [1.165, 1.54) is 0 Å². The first-order valence-electron chi connectivity index (χ1n) is 11.4. The molecule has 0 aliphatic carbocycles. The van der Waals surface area contributed by atoms with Gasteiger partial charge in [0.15, 0.2) is 0 Å². The number of nitrogens with one attached hydrogen (secondary N) is 1. The molecule has 2 amide bonds. The van der Waals surface area contributed by atoms with Crippen molar-refractivity contribution in [2.24, 2.45) is 0 Å². The first-order valence-corrected chi connectivity index (χ1v) is 11.8. The summed E-state index contributed by atoms with van der Waals surface area (Å²) in [4.78, 5) is 28.8. The Bertz CT molecular complexity index is 1040. The molecule has 0 saturated heterocycles. The van der Waals surface area contributed by atoms with Crippen molar-refractivity contribution in [1.82, 2.24) is 10.2 Å². The zero-order chi connectivity index (χ0) is 23.6. The highest BCUT2D eigenvalue weighted by molar-refractivity contribution is 6.31. The van der Waals surface area contributed by atoms with Crippen LogP contribution in [0.4, 0.5) is 0 Å². The van der Waals surface area contributed by atoms with E-state index in [4.69, 9.17) is 11.6 Å². The smallest absolute Gasteiger partial charge is 0.243 e. The summed E-state index contributed by atoms with van der Waals surface area (Å²) in [5.41, 5.74) is 2.73. The Morgan fingerprint density at radius 2 is 1.45 bits per heavy atom. The van der Waals surface area contributed by atoms with Crippen LogP contribution in [0.25, 0.3) is 0 Å². The molecule has 1 N–H and O–H groups in total. The summed E-state index contributed by atoms with van der Waals surface area (Å²) in [6.07, 6.45) is 1.38. The minimum atomic E-state index is -0.642. The van der Waals surface area contributed by atoms with Gasteiger partial charge in [-0.05, 0) is 36.1 Å². The first-order chi connectivity index (χ1) is 16.0. The fraction of sp³-hybridized carbons (Fsp3) is 0.286. The molecule has 3 aromatic carbocycles. The zero-order valence-electron chi connectivity index (χ0n) is 19.2. The van der Waals surface area contributed by atoms with Crippen LogP contribution in [-0.4, -0.2) is 28.8 Å². The molecular formula is C28H31ClN2O2. The third-order valence-corrected chi connectivity index (χ3v) is 6.14. The van der Waals surface area contributed by atoms with Gasteiger partial charge in [0, 0.05) is 24.0 Å². The van der Waals surface area contributed by atoms with Crippen LogP contribution in [0.2, 0.25) is 5.02 Å². The minimum absolute atomic E-state index is 0.0213. The molecule has 0 aliphatic rings. The molecule has 0 heterocycles. The summed E-state index contributed by atoms with van der Waals surface area (Å²) in [7, 11) is 0. The molecule has 0 unspecified atom stereocenters. The van der Waals surface area contributed by atoms with Gasteiger partial charge in [-0.1, -0.05) is 97.4 Å². The summed E-state index contributed by atoms with van der Waals surface area (Å²) in [5, 5.41) is 3.64. The molecule has 0 saturated carbocycles. The van der Waals surface area contributed by atoms with Gasteiger partial charge in [-0.3, -0.25) is 9.59 Å². The van der Waals surface area contributed by atoms with Crippen molar-refractivity contribution in [3.8, 4) is 0 Å². The monoisotopic (exact) mass is 462 g/mol. The van der Waals surface area contributed by atoms with Gasteiger partial charge in [0.1, 0.15) is 6.04 Å². The van der Waals surface area contributed by atoms with Gasteiger partial charge in [-0.2, -0.15) is 0 Å². The summed E-state index contributed by atoms with van der Waals surface area (Å²) in [6, 6.07) is 26.3. The summed E-state index contributed by atoms with van der Waals surface area (Å²) >= 11 is 6.34. The maximum absolute atomic E-state index is 13.6. The number of nitrogens with zero attached hydrogens (tertiary/aromatic N) is 1. The van der Waals surface area contributed by atoms with Crippen molar-refractivity contribution in [3.63, 3.8) is 0 Å². The van der Waals surface area contributed by atoms with Crippen LogP contribution in [-0.2, 0) is 29.0 Å². The third kappa shape index (κ3) is 7.19. The Kier molecular flexibility index (Phi) is 9.08. The maximum atomic E-state index is 13.6. The van der Waals surface area contributed by atoms with E-state index in [0.29, 0.717) is 18.0 Å². The average Bonchev–Trinajstić information content (AvgIpc) is 2.83. The second-order valence-electron chi connectivity index (χ2n) is 8.30. The van der Waals surface area contributed by atoms with Gasteiger partial charge >= 0.3 is 0 Å². The van der Waals surface area contributed by atoms with Gasteiger partial charge in [-0.15, -0.1) is 0 Å². The highest BCUT2D eigenvalue weighted by Crippen LogP contribution is 2.20. The highest BCUT2D eigenvalue weighted by atomic mass is 35.5. The van der Waals surface area contributed by atoms with E-state index in [0.717, 1.165) is 23.1 Å². The molecular weight excluding hydrogens is 432 g/mol. The SMILES string of the molecule is CC[C@H](C)NC(=O)[C@H](Cc1ccccc1)N(Cc1ccccc1)C(=O)Cc1ccccc1Cl. The van der Waals surface area contributed by atoms with Crippen LogP contribution < -0.4 is 5.32 Å². The van der Waals surface area contributed by atoms with Crippen molar-refractivity contribution in [2.45, 2.75) is 51.7 Å². The maximum Gasteiger partial charge on any atom is 0.243 e. The number of carbonyl (C=O) groups is 2. The lowest BCUT2D eigenvalue weighted by atomic mass is 10.0. The number of benzene rings is 3. The van der Waals surface area contributed by atoms with Gasteiger partial charge in [0.2, 0.25) is 11.8 Å². The molecule has 172 valence electrons. The zero-order valence-corrected chi connectivity index (χ0v) is 20.0. The molecule has 33 heavy (non-hydrogen) atoms. The summed E-state index contributed by atoms with van der Waals surface area (Å²) in [6.45, 7) is 4.35. The number of hydrogen-bond donors (Lipinski definition) is 1. The predicted octanol–water partition coefficient (Wildman–Crippen LogP) is 5.44. The second-order valence-corrected chi connectivity index (χ2v) is 8.71. The van der Waals surface area contributed by atoms with Crippen molar-refractivity contribution >= 4 is 23.4 Å². The number of hydrogen-bond acceptors (Lipinski definition) is 2. The van der Waals surface area contributed by atoms with Crippen LogP contribution in [0.1, 0.15) is 37.0 Å². The average molecular weight is 463 g/mol. The fourth-order valence-electron chi connectivity index (χ4n) is 3.68. The van der Waals surface area contributed by atoms with Gasteiger partial charge in [-0.25, -0.2) is 0 Å². The number of halogens is 1. The number of carbonyl (C=O) groups excluding carboxylic acids is 2. The van der Waals surface area contributed by atoms with Crippen LogP contribution in [0, 0.1) is 0 Å². The highest BCUT2D eigenvalue weighted by Gasteiger charge is 2.31. The normalized spacial score (nSPS) is 12.6. The molecule has 0 bridgehead atoms. The molecule has 3 rings (SSSR count). The Morgan fingerprint density at radius 1 is 0.879 bits per heavy atom. The van der Waals surface area contributed by atoms with Gasteiger partial charge < -0.3 is 10.2 Å². The largest absolute Gasteiger partial charge is 0.352 e. The van der Waals surface area contributed by atoms with E-state index in [1.807, 2.05) is 92.7 Å². The Balaban J connectivity index is 1.96. The van der Waals surface area contributed by atoms with Crippen LogP contribution >= 0.6 is 11.6 Å². The Hall–Kier alpha value is -3.11. The van der Waals surface area contributed by atoms with Gasteiger partial charge in [0.25, 0.3) is 0 Å². The Morgan fingerprint density at radius 3 is 2.06 bits per heavy atom. The molecule has 4 nitrogen and oxygen atoms in total. The predicted molar refractivity (Wildman–Crippen MR) is 134 cm³/mol. The van der Waals surface area contributed by atoms with E-state index < -0.39 is 6.04 Å². The lowest BCUT2D eigenvalue weighted by Crippen LogP contribution is -2.52. The fourth-order valence-corrected chi connectivity index (χ4v) is 3.88. The molecule has 0 aliphatic heterocycles. The molecule has 0 fully saturated rings. The second kappa shape index (κ2) is 12.2. The molecule has 3 aromatic rings. The first kappa shape index (κ1) is 24.5. The van der Waals surface area contributed by atoms with E-state index in [1.54, 1.807) is 11.0 Å². The minimum Gasteiger partial charge on any atom is -0.352 e. The summed E-state index contributed by atoms with van der Waals surface area (Å²) < 4.78 is 0. The van der Waals surface area contributed by atoms with Gasteiger partial charge in [0.05, 0.1) is 6.42 Å². The van der Waals surface area contributed by atoms with Crippen molar-refractivity contribution in [1.29, 1.82) is 0 Å². The molecule has 0 aromatic heterocycles. The molecule has 5 heteroatoms. The van der Waals surface area contributed by atoms with E-state index in [-0.39, 0.29) is 24.3 Å². The number of rotatable bonds is 10. The lowest BCUT2D eigenvalue weighted by molar-refractivity contribution is -0.141. The van der Waals surface area contributed by atoms with E-state index in [9.17, 15) is 9.59 Å². The standard InChI is InChI=1S/C28H31ClN2O2/c1-3-21(2)30-28(33)26(18-22-12-6-4-7-13-22)31(20-23-14-8-5-9-15-23)27(32)19-24-16-10-11-17-25(24)29/h4-17,21,26H,3,18-20H2,1-2H3,(H,30,33)/t21-,26-/m0/s1. The Labute approximate surface area is 201 Å². The van der Waals surface area contributed by atoms with Crippen LogP contribution in [0.15, 0.2) is 84.9 Å². The number of amides is 2. The quantitative estimate of drug-likeness (QED) is 0.436. The van der Waals surface area contributed by atoms with Crippen LogP contribution in [0.5, 0.6) is 0 Å². The van der Waals surface area contributed by atoms with Crippen molar-refractivity contribution < 1.29 is 9.59 Å². The molecule has 0 radical (unpaired) electrons. The third-order valence-electron chi connectivity index (χ3n) is 5.77. The molecule has 2 atom stereocenters. The van der Waals surface area contributed by atoms with E-state index >= 15 is 0 Å². The summed E-state index contributed by atoms with van der Waals surface area (Å²) in [5.74, 6) is -0.274. The van der Waals surface area contributed by atoms with E-state index in [2.05, 4.69) is 5.32 Å². The topological polar surface area (TPSA) is 49.4 Å². The molecule has 0 spiro atoms. The van der Waals surface area contributed by atoms with Crippen LogP contribution in [0.3, 0.4) is 0 Å².